The van der Waals surface area contributed by atoms with E-state index < -0.39 is 17.4 Å². The average Bonchev–Trinajstić information content (AvgIpc) is 2.16. The van der Waals surface area contributed by atoms with Crippen molar-refractivity contribution in [3.63, 3.8) is 0 Å². The van der Waals surface area contributed by atoms with Crippen LogP contribution in [0.3, 0.4) is 0 Å². The third kappa shape index (κ3) is 2.63. The van der Waals surface area contributed by atoms with Crippen LogP contribution in [0.2, 0.25) is 0 Å². The van der Waals surface area contributed by atoms with Gasteiger partial charge in [0.25, 0.3) is 11.7 Å². The molecule has 0 aliphatic rings. The molecule has 1 aromatic rings. The molecule has 7 heteroatoms. The van der Waals surface area contributed by atoms with Crippen LogP contribution in [0.15, 0.2) is 10.5 Å². The van der Waals surface area contributed by atoms with E-state index in [4.69, 9.17) is 16.3 Å². The molecule has 0 aromatic carbocycles. The molecule has 0 spiro atoms. The number of hydrogen-bond acceptors (Lipinski definition) is 3. The van der Waals surface area contributed by atoms with Crippen molar-refractivity contribution in [2.75, 3.05) is 7.11 Å². The maximum atomic E-state index is 12.5. The molecule has 0 atom stereocenters. The van der Waals surface area contributed by atoms with Crippen LogP contribution >= 0.6 is 27.5 Å². The van der Waals surface area contributed by atoms with Gasteiger partial charge in [-0.25, -0.2) is 13.8 Å². The number of halogens is 4. The fourth-order valence-corrected chi connectivity index (χ4v) is 1.58. The van der Waals surface area contributed by atoms with Gasteiger partial charge in [-0.05, 0) is 33.6 Å². The third-order valence-corrected chi connectivity index (χ3v) is 2.36. The number of rotatable bonds is 3. The molecule has 1 rings (SSSR count). The first kappa shape index (κ1) is 12.3. The fourth-order valence-electron chi connectivity index (χ4n) is 0.952. The number of carbonyl (C=O) groups excluding carboxylic acids is 1. The van der Waals surface area contributed by atoms with E-state index in [2.05, 4.69) is 20.9 Å². The summed E-state index contributed by atoms with van der Waals surface area (Å²) in [4.78, 5) is 14.3. The van der Waals surface area contributed by atoms with Crippen LogP contribution in [0.5, 0.6) is 5.88 Å². The number of methoxy groups -OCH3 is 1. The highest BCUT2D eigenvalue weighted by Crippen LogP contribution is 2.30. The Morgan fingerprint density at radius 2 is 2.27 bits per heavy atom. The summed E-state index contributed by atoms with van der Waals surface area (Å²) in [5.74, 6) is -0.0213. The highest BCUT2D eigenvalue weighted by Gasteiger charge is 2.21. The average molecular weight is 300 g/mol. The van der Waals surface area contributed by atoms with Gasteiger partial charge in [0, 0.05) is 0 Å². The van der Waals surface area contributed by atoms with Crippen LogP contribution in [0, 0.1) is 0 Å². The quantitative estimate of drug-likeness (QED) is 0.805. The maximum absolute atomic E-state index is 12.5. The topological polar surface area (TPSA) is 39.2 Å². The van der Waals surface area contributed by atoms with Gasteiger partial charge in [0.15, 0.2) is 0 Å². The second kappa shape index (κ2) is 4.85. The summed E-state index contributed by atoms with van der Waals surface area (Å²) < 4.78 is 30.0. The molecule has 82 valence electrons. The lowest BCUT2D eigenvalue weighted by atomic mass is 10.2. The zero-order valence-electron chi connectivity index (χ0n) is 7.43. The van der Waals surface area contributed by atoms with E-state index in [9.17, 15) is 13.6 Å². The zero-order chi connectivity index (χ0) is 11.6. The Bertz CT molecular complexity index is 400. The van der Waals surface area contributed by atoms with Gasteiger partial charge in [0.1, 0.15) is 5.69 Å². The van der Waals surface area contributed by atoms with Crippen molar-refractivity contribution in [2.24, 2.45) is 0 Å². The summed E-state index contributed by atoms with van der Waals surface area (Å²) in [5, 5.41) is -0.985. The highest BCUT2D eigenvalue weighted by molar-refractivity contribution is 9.10. The summed E-state index contributed by atoms with van der Waals surface area (Å²) in [5.41, 5.74) is -1.02. The first-order chi connectivity index (χ1) is 6.97. The summed E-state index contributed by atoms with van der Waals surface area (Å²) in [7, 11) is 1.28. The highest BCUT2D eigenvalue weighted by atomic mass is 79.9. The number of aromatic nitrogens is 1. The molecule has 0 saturated carbocycles. The van der Waals surface area contributed by atoms with Gasteiger partial charge in [0.2, 0.25) is 5.88 Å². The number of nitrogens with zero attached hydrogens (tertiary/aromatic N) is 1. The monoisotopic (exact) mass is 299 g/mol. The van der Waals surface area contributed by atoms with E-state index >= 15 is 0 Å². The number of alkyl halides is 2. The molecule has 0 unspecified atom stereocenters. The smallest absolute Gasteiger partial charge is 0.281 e. The second-order valence-corrected chi connectivity index (χ2v) is 3.68. The van der Waals surface area contributed by atoms with Crippen LogP contribution in [0.4, 0.5) is 8.78 Å². The van der Waals surface area contributed by atoms with E-state index in [-0.39, 0.29) is 11.4 Å². The molecule has 0 N–H and O–H groups in total. The van der Waals surface area contributed by atoms with Gasteiger partial charge in [-0.1, -0.05) is 0 Å². The van der Waals surface area contributed by atoms with Gasteiger partial charge in [-0.3, -0.25) is 4.79 Å². The van der Waals surface area contributed by atoms with Crippen LogP contribution in [-0.4, -0.2) is 17.3 Å². The Hall–Kier alpha value is -0.750. The number of ether oxygens (including phenoxy) is 1. The molecule has 0 bridgehead atoms. The van der Waals surface area contributed by atoms with Crippen LogP contribution in [0.25, 0.3) is 0 Å². The van der Waals surface area contributed by atoms with Crippen molar-refractivity contribution >= 4 is 32.8 Å². The first-order valence-corrected chi connectivity index (χ1v) is 4.87. The lowest BCUT2D eigenvalue weighted by Crippen LogP contribution is -2.04. The maximum Gasteiger partial charge on any atom is 0.281 e. The number of carbonyl (C=O) groups is 1. The summed E-state index contributed by atoms with van der Waals surface area (Å²) in [6.45, 7) is 0. The van der Waals surface area contributed by atoms with E-state index in [1.54, 1.807) is 0 Å². The molecule has 15 heavy (non-hydrogen) atoms. The van der Waals surface area contributed by atoms with E-state index in [0.29, 0.717) is 4.47 Å². The number of pyridine rings is 1. The van der Waals surface area contributed by atoms with Gasteiger partial charge < -0.3 is 4.74 Å². The molecule has 1 heterocycles. The largest absolute Gasteiger partial charge is 0.480 e. The molecule has 1 aromatic heterocycles. The SMILES string of the molecule is COc1nc(C(F)F)c(C(=O)Cl)cc1Br. The van der Waals surface area contributed by atoms with Crippen LogP contribution < -0.4 is 4.74 Å². The lowest BCUT2D eigenvalue weighted by molar-refractivity contribution is 0.106. The fraction of sp³-hybridized carbons (Fsp3) is 0.250. The van der Waals surface area contributed by atoms with Crippen molar-refractivity contribution in [1.29, 1.82) is 0 Å². The molecule has 0 amide bonds. The van der Waals surface area contributed by atoms with Crippen molar-refractivity contribution < 1.29 is 18.3 Å². The van der Waals surface area contributed by atoms with E-state index in [0.717, 1.165) is 6.07 Å². The van der Waals surface area contributed by atoms with E-state index in [1.807, 2.05) is 0 Å². The Labute approximate surface area is 97.5 Å². The van der Waals surface area contributed by atoms with Crippen LogP contribution in [-0.2, 0) is 0 Å². The van der Waals surface area contributed by atoms with E-state index in [1.165, 1.54) is 7.11 Å². The first-order valence-electron chi connectivity index (χ1n) is 3.69. The lowest BCUT2D eigenvalue weighted by Gasteiger charge is -2.08. The van der Waals surface area contributed by atoms with Crippen molar-refractivity contribution in [1.82, 2.24) is 4.98 Å². The predicted molar refractivity (Wildman–Crippen MR) is 53.6 cm³/mol. The molecule has 0 fully saturated rings. The Morgan fingerprint density at radius 3 is 2.67 bits per heavy atom. The van der Waals surface area contributed by atoms with Crippen LogP contribution in [0.1, 0.15) is 22.5 Å². The Balaban J connectivity index is 3.38. The van der Waals surface area contributed by atoms with Crippen molar-refractivity contribution in [3.8, 4) is 5.88 Å². The third-order valence-electron chi connectivity index (χ3n) is 1.59. The predicted octanol–water partition coefficient (Wildman–Crippen LogP) is 3.17. The molecule has 0 radical (unpaired) electrons. The van der Waals surface area contributed by atoms with Gasteiger partial charge >= 0.3 is 0 Å². The van der Waals surface area contributed by atoms with Gasteiger partial charge in [0.05, 0.1) is 17.1 Å². The zero-order valence-corrected chi connectivity index (χ0v) is 9.77. The Morgan fingerprint density at radius 1 is 1.67 bits per heavy atom. The normalized spacial score (nSPS) is 10.5. The molecule has 0 aliphatic heterocycles. The van der Waals surface area contributed by atoms with Crippen molar-refractivity contribution in [3.05, 3.63) is 21.8 Å². The Kier molecular flexibility index (Phi) is 3.98. The molecule has 0 saturated heterocycles. The molecular weight excluding hydrogens is 295 g/mol. The molecular formula is C8H5BrClF2NO2. The standard InChI is InChI=1S/C8H5BrClF2NO2/c1-15-8-4(9)2-3(6(10)14)5(13-8)7(11)12/h2,7H,1H3. The molecule has 0 aliphatic carbocycles. The minimum atomic E-state index is -2.88. The minimum absolute atomic E-state index is 0.0213. The van der Waals surface area contributed by atoms with Gasteiger partial charge in [-0.2, -0.15) is 0 Å². The summed E-state index contributed by atoms with van der Waals surface area (Å²) >= 11 is 8.16. The minimum Gasteiger partial charge on any atom is -0.480 e. The summed E-state index contributed by atoms with van der Waals surface area (Å²) in [6, 6.07) is 1.16. The summed E-state index contributed by atoms with van der Waals surface area (Å²) in [6.07, 6.45) is -2.88. The molecule has 3 nitrogen and oxygen atoms in total. The van der Waals surface area contributed by atoms with Crippen molar-refractivity contribution in [2.45, 2.75) is 6.43 Å². The second-order valence-electron chi connectivity index (χ2n) is 2.49. The van der Waals surface area contributed by atoms with Gasteiger partial charge in [-0.15, -0.1) is 0 Å². The number of hydrogen-bond donors (Lipinski definition) is 0.